The highest BCUT2D eigenvalue weighted by molar-refractivity contribution is 7.99. The number of methoxy groups -OCH3 is 1. The predicted molar refractivity (Wildman–Crippen MR) is 111 cm³/mol. The van der Waals surface area contributed by atoms with E-state index in [1.165, 1.54) is 11.8 Å². The van der Waals surface area contributed by atoms with E-state index in [1.807, 2.05) is 48.5 Å². The van der Waals surface area contributed by atoms with Crippen molar-refractivity contribution in [3.63, 3.8) is 0 Å². The van der Waals surface area contributed by atoms with E-state index in [0.29, 0.717) is 40.0 Å². The maximum Gasteiger partial charge on any atom is 0.345 e. The molecular weight excluding hydrogens is 388 g/mol. The van der Waals surface area contributed by atoms with Gasteiger partial charge in [-0.15, -0.1) is 10.2 Å². The highest BCUT2D eigenvalue weighted by Crippen LogP contribution is 2.25. The molecule has 144 valence electrons. The molecule has 0 radical (unpaired) electrons. The minimum absolute atomic E-state index is 0.392. The molecule has 0 atom stereocenters. The monoisotopic (exact) mass is 404 g/mol. The van der Waals surface area contributed by atoms with Crippen molar-refractivity contribution in [3.8, 4) is 5.75 Å². The summed E-state index contributed by atoms with van der Waals surface area (Å²) in [6, 6.07) is 17.1. The molecule has 0 bridgehead atoms. The van der Waals surface area contributed by atoms with Crippen molar-refractivity contribution in [2.45, 2.75) is 11.6 Å². The van der Waals surface area contributed by atoms with Gasteiger partial charge in [0.2, 0.25) is 5.16 Å². The Hall–Kier alpha value is -3.39. The summed E-state index contributed by atoms with van der Waals surface area (Å²) >= 11 is 1.50. The van der Waals surface area contributed by atoms with Crippen molar-refractivity contribution in [2.75, 3.05) is 12.9 Å². The van der Waals surface area contributed by atoms with Gasteiger partial charge in [0.25, 0.3) is 0 Å². The van der Waals surface area contributed by atoms with Crippen LogP contribution in [0.15, 0.2) is 74.1 Å². The van der Waals surface area contributed by atoms with Gasteiger partial charge in [-0.1, -0.05) is 42.1 Å². The molecule has 5 rings (SSSR count). The van der Waals surface area contributed by atoms with Gasteiger partial charge < -0.3 is 9.15 Å². The lowest BCUT2D eigenvalue weighted by atomic mass is 10.1. The summed E-state index contributed by atoms with van der Waals surface area (Å²) in [5, 5.41) is 14.8. The van der Waals surface area contributed by atoms with Crippen LogP contribution in [0.4, 0.5) is 0 Å². The number of benzene rings is 2. The number of hydrogen-bond donors (Lipinski definition) is 0. The molecule has 0 N–H and O–H groups in total. The summed E-state index contributed by atoms with van der Waals surface area (Å²) in [6.45, 7) is 0. The third-order valence-corrected chi connectivity index (χ3v) is 5.64. The highest BCUT2D eigenvalue weighted by atomic mass is 32.2. The van der Waals surface area contributed by atoms with E-state index in [1.54, 1.807) is 17.9 Å². The van der Waals surface area contributed by atoms with Gasteiger partial charge in [-0.3, -0.25) is 0 Å². The molecule has 2 aromatic heterocycles. The molecule has 3 heterocycles. The molecule has 0 aliphatic carbocycles. The molecule has 0 unspecified atom stereocenters. The Bertz CT molecular complexity index is 1290. The predicted octanol–water partition coefficient (Wildman–Crippen LogP) is 3.34. The second-order valence-corrected chi connectivity index (χ2v) is 7.50. The Kier molecular flexibility index (Phi) is 4.40. The smallest absolute Gasteiger partial charge is 0.345 e. The van der Waals surface area contributed by atoms with Crippen LogP contribution >= 0.6 is 11.8 Å². The highest BCUT2D eigenvalue weighted by Gasteiger charge is 2.22. The second-order valence-electron chi connectivity index (χ2n) is 6.56. The molecule has 0 saturated heterocycles. The van der Waals surface area contributed by atoms with Crippen LogP contribution in [-0.2, 0) is 6.42 Å². The fourth-order valence-electron chi connectivity index (χ4n) is 3.20. The van der Waals surface area contributed by atoms with Gasteiger partial charge in [0.05, 0.1) is 18.4 Å². The van der Waals surface area contributed by atoms with Crippen molar-refractivity contribution in [1.29, 1.82) is 0 Å². The van der Waals surface area contributed by atoms with Crippen LogP contribution in [0.3, 0.4) is 0 Å². The van der Waals surface area contributed by atoms with Crippen molar-refractivity contribution < 1.29 is 9.15 Å². The summed E-state index contributed by atoms with van der Waals surface area (Å²) in [5.74, 6) is 2.04. The van der Waals surface area contributed by atoms with Crippen molar-refractivity contribution >= 4 is 28.4 Å². The van der Waals surface area contributed by atoms with E-state index >= 15 is 0 Å². The summed E-state index contributed by atoms with van der Waals surface area (Å²) in [7, 11) is 1.64. The first-order valence-corrected chi connectivity index (χ1v) is 10.0. The Morgan fingerprint density at radius 1 is 1.14 bits per heavy atom. The van der Waals surface area contributed by atoms with Gasteiger partial charge >= 0.3 is 5.63 Å². The van der Waals surface area contributed by atoms with E-state index < -0.39 is 5.63 Å². The first kappa shape index (κ1) is 17.7. The van der Waals surface area contributed by atoms with E-state index in [2.05, 4.69) is 15.3 Å². The molecule has 7 nitrogen and oxygen atoms in total. The number of rotatable bonds is 4. The molecule has 0 amide bonds. The van der Waals surface area contributed by atoms with Crippen molar-refractivity contribution in [2.24, 2.45) is 5.10 Å². The van der Waals surface area contributed by atoms with Crippen LogP contribution in [0, 0.1) is 0 Å². The van der Waals surface area contributed by atoms with Crippen LogP contribution in [-0.4, -0.2) is 33.4 Å². The van der Waals surface area contributed by atoms with Crippen molar-refractivity contribution in [1.82, 2.24) is 14.9 Å². The molecule has 2 aromatic carbocycles. The molecule has 1 aliphatic rings. The third kappa shape index (κ3) is 3.31. The normalized spacial score (nSPS) is 13.2. The molecule has 0 fully saturated rings. The number of ether oxygens (including phenoxy) is 1. The summed E-state index contributed by atoms with van der Waals surface area (Å²) in [6.07, 6.45) is 0.570. The number of thioether (sulfide) groups is 1. The number of aromatic nitrogens is 3. The number of fused-ring (bicyclic) bond motifs is 2. The minimum Gasteiger partial charge on any atom is -0.497 e. The first-order chi connectivity index (χ1) is 14.2. The first-order valence-electron chi connectivity index (χ1n) is 9.02. The van der Waals surface area contributed by atoms with Gasteiger partial charge in [0.1, 0.15) is 11.3 Å². The van der Waals surface area contributed by atoms with E-state index in [9.17, 15) is 4.79 Å². The summed E-state index contributed by atoms with van der Waals surface area (Å²) < 4.78 is 12.4. The van der Waals surface area contributed by atoms with Gasteiger partial charge in [-0.05, 0) is 29.8 Å². The SMILES string of the molecule is COc1ccc(Cc2nnc3n2N=C(c2cc4ccccc4oc2=O)CS3)cc1. The summed E-state index contributed by atoms with van der Waals surface area (Å²) in [4.78, 5) is 12.5. The Morgan fingerprint density at radius 2 is 1.97 bits per heavy atom. The van der Waals surface area contributed by atoms with Crippen LogP contribution in [0.2, 0.25) is 0 Å². The Balaban J connectivity index is 1.52. The van der Waals surface area contributed by atoms with Crippen LogP contribution in [0.1, 0.15) is 17.0 Å². The van der Waals surface area contributed by atoms with Crippen molar-refractivity contribution in [3.05, 3.63) is 82.0 Å². The lowest BCUT2D eigenvalue weighted by Crippen LogP contribution is -2.21. The van der Waals surface area contributed by atoms with E-state index in [4.69, 9.17) is 9.15 Å². The molecule has 0 spiro atoms. The summed E-state index contributed by atoms with van der Waals surface area (Å²) in [5.41, 5.74) is 2.36. The molecule has 8 heteroatoms. The van der Waals surface area contributed by atoms with Gasteiger partial charge in [-0.25, -0.2) is 4.79 Å². The average molecular weight is 404 g/mol. The maximum absolute atomic E-state index is 12.5. The number of nitrogens with zero attached hydrogens (tertiary/aromatic N) is 4. The topological polar surface area (TPSA) is 82.5 Å². The van der Waals surface area contributed by atoms with Crippen LogP contribution < -0.4 is 10.4 Å². The molecule has 4 aromatic rings. The third-order valence-electron chi connectivity index (χ3n) is 4.71. The molecule has 0 saturated carbocycles. The number of para-hydroxylation sites is 1. The second kappa shape index (κ2) is 7.21. The van der Waals surface area contributed by atoms with Gasteiger partial charge in [-0.2, -0.15) is 9.78 Å². The van der Waals surface area contributed by atoms with Gasteiger partial charge in [0.15, 0.2) is 5.82 Å². The quantitative estimate of drug-likeness (QED) is 0.485. The lowest BCUT2D eigenvalue weighted by molar-refractivity contribution is 0.414. The van der Waals surface area contributed by atoms with Crippen LogP contribution in [0.5, 0.6) is 5.75 Å². The minimum atomic E-state index is -0.392. The maximum atomic E-state index is 12.5. The van der Waals surface area contributed by atoms with Crippen LogP contribution in [0.25, 0.3) is 11.0 Å². The fourth-order valence-corrected chi connectivity index (χ4v) is 4.05. The number of hydrogen-bond acceptors (Lipinski definition) is 7. The lowest BCUT2D eigenvalue weighted by Gasteiger charge is -2.13. The Morgan fingerprint density at radius 3 is 2.79 bits per heavy atom. The zero-order valence-corrected chi connectivity index (χ0v) is 16.3. The standard InChI is InChI=1S/C21H16N4O3S/c1-27-15-8-6-13(7-9-15)10-19-22-23-21-25(19)24-17(12-29-21)16-11-14-4-2-3-5-18(14)28-20(16)26/h2-9,11H,10,12H2,1H3. The zero-order chi connectivity index (χ0) is 19.8. The van der Waals surface area contributed by atoms with E-state index in [0.717, 1.165) is 16.7 Å². The largest absolute Gasteiger partial charge is 0.497 e. The fraction of sp³-hybridized carbons (Fsp3) is 0.143. The van der Waals surface area contributed by atoms with E-state index in [-0.39, 0.29) is 0 Å². The van der Waals surface area contributed by atoms with Gasteiger partial charge in [0, 0.05) is 17.6 Å². The zero-order valence-electron chi connectivity index (χ0n) is 15.5. The molecule has 29 heavy (non-hydrogen) atoms. The molecule has 1 aliphatic heterocycles. The molecular formula is C21H16N4O3S. The Labute approximate surface area is 170 Å². The average Bonchev–Trinajstić information content (AvgIpc) is 3.16.